The quantitative estimate of drug-likeness (QED) is 0.563. The van der Waals surface area contributed by atoms with Crippen LogP contribution in [0.4, 0.5) is 8.78 Å². The van der Waals surface area contributed by atoms with Crippen LogP contribution in [0.2, 0.25) is 0 Å². The molecule has 0 unspecified atom stereocenters. The van der Waals surface area contributed by atoms with Crippen molar-refractivity contribution in [3.05, 3.63) is 35.4 Å². The molecule has 0 atom stereocenters. The van der Waals surface area contributed by atoms with Gasteiger partial charge in [0.1, 0.15) is 11.6 Å². The van der Waals surface area contributed by atoms with Crippen LogP contribution >= 0.6 is 12.6 Å². The molecule has 1 aromatic carbocycles. The van der Waals surface area contributed by atoms with Crippen LogP contribution in [0, 0.1) is 11.6 Å². The van der Waals surface area contributed by atoms with Gasteiger partial charge in [-0.1, -0.05) is 0 Å². The summed E-state index contributed by atoms with van der Waals surface area (Å²) in [5.41, 5.74) is 0.349. The topological polar surface area (TPSA) is 12.0 Å². The van der Waals surface area contributed by atoms with Crippen molar-refractivity contribution in [3.8, 4) is 0 Å². The summed E-state index contributed by atoms with van der Waals surface area (Å²) in [6.07, 6.45) is 0. The van der Waals surface area contributed by atoms with Gasteiger partial charge >= 0.3 is 0 Å². The predicted octanol–water partition coefficient (Wildman–Crippen LogP) is 1.98. The maximum Gasteiger partial charge on any atom is 0.127 e. The molecule has 1 aromatic rings. The Morgan fingerprint density at radius 3 is 2.77 bits per heavy atom. The normalized spacial score (nSPS) is 10.4. The molecule has 13 heavy (non-hydrogen) atoms. The minimum atomic E-state index is -0.413. The molecule has 1 nitrogen and oxygen atoms in total. The highest BCUT2D eigenvalue weighted by molar-refractivity contribution is 7.80. The van der Waals surface area contributed by atoms with Gasteiger partial charge in [-0.05, 0) is 18.2 Å². The third kappa shape index (κ3) is 3.32. The first kappa shape index (κ1) is 10.5. The average molecular weight is 203 g/mol. The maximum atomic E-state index is 13.0. The van der Waals surface area contributed by atoms with Gasteiger partial charge in [-0.3, -0.25) is 0 Å². The lowest BCUT2D eigenvalue weighted by Crippen LogP contribution is -2.16. The van der Waals surface area contributed by atoms with E-state index >= 15 is 0 Å². The van der Waals surface area contributed by atoms with Crippen molar-refractivity contribution >= 4 is 12.6 Å². The summed E-state index contributed by atoms with van der Waals surface area (Å²) in [6.45, 7) is 1.02. The minimum Gasteiger partial charge on any atom is -0.312 e. The van der Waals surface area contributed by atoms with Crippen molar-refractivity contribution in [2.45, 2.75) is 6.54 Å². The molecule has 72 valence electrons. The summed E-state index contributed by atoms with van der Waals surface area (Å²) in [5, 5.41) is 2.94. The molecule has 1 rings (SSSR count). The second-order valence-electron chi connectivity index (χ2n) is 2.64. The van der Waals surface area contributed by atoms with E-state index in [0.717, 1.165) is 12.1 Å². The second kappa shape index (κ2) is 5.19. The number of halogens is 2. The number of nitrogens with one attached hydrogen (secondary N) is 1. The van der Waals surface area contributed by atoms with E-state index in [1.165, 1.54) is 6.07 Å². The predicted molar refractivity (Wildman–Crippen MR) is 51.9 cm³/mol. The fraction of sp³-hybridized carbons (Fsp3) is 0.333. The number of benzene rings is 1. The number of rotatable bonds is 4. The van der Waals surface area contributed by atoms with Crippen LogP contribution in [0.15, 0.2) is 18.2 Å². The summed E-state index contributed by atoms with van der Waals surface area (Å²) in [5.74, 6) is -0.117. The zero-order valence-corrected chi connectivity index (χ0v) is 7.95. The summed E-state index contributed by atoms with van der Waals surface area (Å²) in [4.78, 5) is 0. The summed E-state index contributed by atoms with van der Waals surface area (Å²) in [6, 6.07) is 3.44. The maximum absolute atomic E-state index is 13.0. The minimum absolute atomic E-state index is 0.337. The van der Waals surface area contributed by atoms with E-state index in [1.807, 2.05) is 0 Å². The molecule has 0 aliphatic heterocycles. The third-order valence-electron chi connectivity index (χ3n) is 1.61. The number of thiol groups is 1. The highest BCUT2D eigenvalue weighted by Crippen LogP contribution is 2.08. The fourth-order valence-corrected chi connectivity index (χ4v) is 1.14. The van der Waals surface area contributed by atoms with Crippen LogP contribution in [0.1, 0.15) is 5.56 Å². The average Bonchev–Trinajstić information content (AvgIpc) is 2.11. The highest BCUT2D eigenvalue weighted by atomic mass is 32.1. The summed E-state index contributed by atoms with van der Waals surface area (Å²) < 4.78 is 25.6. The molecule has 1 N–H and O–H groups in total. The van der Waals surface area contributed by atoms with Crippen LogP contribution in [0.3, 0.4) is 0 Å². The van der Waals surface area contributed by atoms with E-state index in [9.17, 15) is 8.78 Å². The smallest absolute Gasteiger partial charge is 0.127 e. The molecule has 0 amide bonds. The molecule has 0 radical (unpaired) electrons. The van der Waals surface area contributed by atoms with E-state index in [-0.39, 0.29) is 5.82 Å². The van der Waals surface area contributed by atoms with E-state index in [2.05, 4.69) is 17.9 Å². The molecule has 0 heterocycles. The lowest BCUT2D eigenvalue weighted by Gasteiger charge is -2.04. The lowest BCUT2D eigenvalue weighted by atomic mass is 10.2. The first-order valence-electron chi connectivity index (χ1n) is 3.99. The molecular weight excluding hydrogens is 192 g/mol. The summed E-state index contributed by atoms with van der Waals surface area (Å²) >= 11 is 3.98. The van der Waals surface area contributed by atoms with Crippen LogP contribution < -0.4 is 5.32 Å². The molecular formula is C9H11F2NS. The van der Waals surface area contributed by atoms with Gasteiger partial charge in [0.25, 0.3) is 0 Å². The van der Waals surface area contributed by atoms with Crippen molar-refractivity contribution in [3.63, 3.8) is 0 Å². The fourth-order valence-electron chi connectivity index (χ4n) is 0.981. The molecule has 4 heteroatoms. The lowest BCUT2D eigenvalue weighted by molar-refractivity contribution is 0.573. The van der Waals surface area contributed by atoms with E-state index in [0.29, 0.717) is 24.4 Å². The van der Waals surface area contributed by atoms with Crippen molar-refractivity contribution in [1.29, 1.82) is 0 Å². The summed E-state index contributed by atoms with van der Waals surface area (Å²) in [7, 11) is 0. The number of hydrogen-bond acceptors (Lipinski definition) is 2. The monoisotopic (exact) mass is 203 g/mol. The molecule has 0 bridgehead atoms. The van der Waals surface area contributed by atoms with E-state index < -0.39 is 5.82 Å². The van der Waals surface area contributed by atoms with Gasteiger partial charge in [0.05, 0.1) is 0 Å². The van der Waals surface area contributed by atoms with Crippen LogP contribution in [-0.2, 0) is 6.54 Å². The van der Waals surface area contributed by atoms with Crippen LogP contribution in [-0.4, -0.2) is 12.3 Å². The van der Waals surface area contributed by atoms with Gasteiger partial charge in [0, 0.05) is 24.4 Å². The molecule has 0 aliphatic rings. The van der Waals surface area contributed by atoms with Crippen molar-refractivity contribution in [2.75, 3.05) is 12.3 Å². The van der Waals surface area contributed by atoms with Crippen LogP contribution in [0.25, 0.3) is 0 Å². The van der Waals surface area contributed by atoms with Gasteiger partial charge in [-0.25, -0.2) is 8.78 Å². The molecule has 0 saturated heterocycles. The van der Waals surface area contributed by atoms with Gasteiger partial charge in [-0.15, -0.1) is 0 Å². The zero-order chi connectivity index (χ0) is 9.68. The SMILES string of the molecule is Fc1ccc(F)c(CNCCS)c1. The Labute approximate surface area is 81.6 Å². The van der Waals surface area contributed by atoms with Gasteiger partial charge in [0.15, 0.2) is 0 Å². The van der Waals surface area contributed by atoms with Gasteiger partial charge < -0.3 is 5.32 Å². The Hall–Kier alpha value is -0.610. The second-order valence-corrected chi connectivity index (χ2v) is 3.08. The Morgan fingerprint density at radius 1 is 1.31 bits per heavy atom. The van der Waals surface area contributed by atoms with Crippen molar-refractivity contribution in [1.82, 2.24) is 5.32 Å². The Balaban J connectivity index is 2.59. The molecule has 0 aliphatic carbocycles. The Kier molecular flexibility index (Phi) is 4.18. The Bertz CT molecular complexity index is 278. The van der Waals surface area contributed by atoms with Gasteiger partial charge in [-0.2, -0.15) is 12.6 Å². The molecule has 0 saturated carbocycles. The zero-order valence-electron chi connectivity index (χ0n) is 7.06. The first-order chi connectivity index (χ1) is 6.24. The van der Waals surface area contributed by atoms with Crippen molar-refractivity contribution < 1.29 is 8.78 Å². The van der Waals surface area contributed by atoms with E-state index in [4.69, 9.17) is 0 Å². The van der Waals surface area contributed by atoms with Gasteiger partial charge in [0.2, 0.25) is 0 Å². The van der Waals surface area contributed by atoms with Crippen molar-refractivity contribution in [2.24, 2.45) is 0 Å². The number of hydrogen-bond donors (Lipinski definition) is 2. The molecule has 0 fully saturated rings. The first-order valence-corrected chi connectivity index (χ1v) is 4.63. The third-order valence-corrected chi connectivity index (χ3v) is 1.84. The standard InChI is InChI=1S/C9H11F2NS/c10-8-1-2-9(11)7(5-8)6-12-3-4-13/h1-2,5,12-13H,3-4,6H2. The largest absolute Gasteiger partial charge is 0.312 e. The van der Waals surface area contributed by atoms with Crippen LogP contribution in [0.5, 0.6) is 0 Å². The molecule has 0 aromatic heterocycles. The van der Waals surface area contributed by atoms with E-state index in [1.54, 1.807) is 0 Å². The highest BCUT2D eigenvalue weighted by Gasteiger charge is 2.02. The Morgan fingerprint density at radius 2 is 2.08 bits per heavy atom. The molecule has 0 spiro atoms.